The zero-order valence-corrected chi connectivity index (χ0v) is 14.4. The number of hydrogen-bond acceptors (Lipinski definition) is 5. The van der Waals surface area contributed by atoms with Crippen LogP contribution in [0.2, 0.25) is 0 Å². The summed E-state index contributed by atoms with van der Waals surface area (Å²) >= 11 is 0. The maximum Gasteiger partial charge on any atom is 0.351 e. The van der Waals surface area contributed by atoms with Gasteiger partial charge in [-0.3, -0.25) is 4.98 Å². The summed E-state index contributed by atoms with van der Waals surface area (Å²) < 4.78 is 16.5. The van der Waals surface area contributed by atoms with E-state index in [-0.39, 0.29) is 0 Å². The molecule has 1 unspecified atom stereocenters. The summed E-state index contributed by atoms with van der Waals surface area (Å²) in [6, 6.07) is 20.6. The Morgan fingerprint density at radius 2 is 1.81 bits per heavy atom. The Hall–Kier alpha value is -3.34. The van der Waals surface area contributed by atoms with E-state index in [0.717, 1.165) is 5.56 Å². The zero-order valence-electron chi connectivity index (χ0n) is 14.4. The average molecular weight is 349 g/mol. The van der Waals surface area contributed by atoms with Gasteiger partial charge < -0.3 is 14.2 Å². The maximum absolute atomic E-state index is 12.1. The fraction of sp³-hybridized carbons (Fsp3) is 0.143. The van der Waals surface area contributed by atoms with E-state index in [0.29, 0.717) is 23.7 Å². The van der Waals surface area contributed by atoms with E-state index in [1.165, 1.54) is 7.11 Å². The third kappa shape index (κ3) is 4.60. The number of carbonyl (C=O) groups is 1. The number of carbonyl (C=O) groups excluding carboxylic acids is 1. The lowest BCUT2D eigenvalue weighted by Crippen LogP contribution is -2.20. The standard InChI is InChI=1S/C21H19NO4/c1-24-21(23)20(17-9-6-12-22-14-17)26-19-11-5-10-18(13-19)25-15-16-7-3-2-4-8-16/h2-14,20H,15H2,1H3. The lowest BCUT2D eigenvalue weighted by Gasteiger charge is -2.17. The molecule has 0 radical (unpaired) electrons. The molecular weight excluding hydrogens is 330 g/mol. The largest absolute Gasteiger partial charge is 0.489 e. The van der Waals surface area contributed by atoms with Gasteiger partial charge in [0, 0.05) is 24.0 Å². The lowest BCUT2D eigenvalue weighted by molar-refractivity contribution is -0.149. The van der Waals surface area contributed by atoms with Crippen molar-refractivity contribution in [2.45, 2.75) is 12.7 Å². The molecular formula is C21H19NO4. The quantitative estimate of drug-likeness (QED) is 0.605. The van der Waals surface area contributed by atoms with Crippen molar-refractivity contribution >= 4 is 5.97 Å². The van der Waals surface area contributed by atoms with Gasteiger partial charge >= 0.3 is 5.97 Å². The highest BCUT2D eigenvalue weighted by molar-refractivity contribution is 5.76. The minimum absolute atomic E-state index is 0.452. The zero-order chi connectivity index (χ0) is 18.2. The predicted molar refractivity (Wildman–Crippen MR) is 96.8 cm³/mol. The number of ether oxygens (including phenoxy) is 3. The minimum atomic E-state index is -0.891. The summed E-state index contributed by atoms with van der Waals surface area (Å²) in [5, 5.41) is 0. The molecule has 5 nitrogen and oxygen atoms in total. The van der Waals surface area contributed by atoms with Crippen LogP contribution in [-0.2, 0) is 16.1 Å². The van der Waals surface area contributed by atoms with Crippen LogP contribution in [0.4, 0.5) is 0 Å². The lowest BCUT2D eigenvalue weighted by atomic mass is 10.1. The number of pyridine rings is 1. The molecule has 0 saturated carbocycles. The van der Waals surface area contributed by atoms with E-state index in [1.54, 1.807) is 36.7 Å². The Morgan fingerprint density at radius 1 is 1.00 bits per heavy atom. The second kappa shape index (κ2) is 8.67. The molecule has 0 aliphatic carbocycles. The molecule has 5 heteroatoms. The first-order valence-electron chi connectivity index (χ1n) is 8.17. The van der Waals surface area contributed by atoms with Gasteiger partial charge in [0.25, 0.3) is 0 Å². The Labute approximate surface area is 152 Å². The van der Waals surface area contributed by atoms with Crippen LogP contribution < -0.4 is 9.47 Å². The smallest absolute Gasteiger partial charge is 0.351 e. The molecule has 0 aliphatic rings. The van der Waals surface area contributed by atoms with Crippen LogP contribution in [0.15, 0.2) is 79.1 Å². The number of esters is 1. The molecule has 1 aromatic heterocycles. The molecule has 0 amide bonds. The summed E-state index contributed by atoms with van der Waals surface area (Å²) in [6.45, 7) is 0.452. The molecule has 0 spiro atoms. The fourth-order valence-electron chi connectivity index (χ4n) is 2.40. The first kappa shape index (κ1) is 17.5. The van der Waals surface area contributed by atoms with Crippen molar-refractivity contribution in [2.75, 3.05) is 7.11 Å². The van der Waals surface area contributed by atoms with Crippen LogP contribution in [0, 0.1) is 0 Å². The van der Waals surface area contributed by atoms with Gasteiger partial charge in [0.1, 0.15) is 18.1 Å². The topological polar surface area (TPSA) is 57.7 Å². The summed E-state index contributed by atoms with van der Waals surface area (Å²) in [7, 11) is 1.33. The molecule has 3 aromatic rings. The number of methoxy groups -OCH3 is 1. The van der Waals surface area contributed by atoms with Gasteiger partial charge in [-0.2, -0.15) is 0 Å². The van der Waals surface area contributed by atoms with Gasteiger partial charge in [0.15, 0.2) is 0 Å². The highest BCUT2D eigenvalue weighted by atomic mass is 16.6. The molecule has 0 bridgehead atoms. The van der Waals surface area contributed by atoms with Gasteiger partial charge in [-0.05, 0) is 23.8 Å². The van der Waals surface area contributed by atoms with Crippen LogP contribution in [0.3, 0.4) is 0 Å². The van der Waals surface area contributed by atoms with Gasteiger partial charge in [0.05, 0.1) is 7.11 Å². The number of benzene rings is 2. The second-order valence-corrected chi connectivity index (χ2v) is 5.56. The highest BCUT2D eigenvalue weighted by Gasteiger charge is 2.24. The van der Waals surface area contributed by atoms with Crippen molar-refractivity contribution in [2.24, 2.45) is 0 Å². The Balaban J connectivity index is 1.73. The van der Waals surface area contributed by atoms with E-state index in [2.05, 4.69) is 4.98 Å². The van der Waals surface area contributed by atoms with Crippen molar-refractivity contribution in [3.63, 3.8) is 0 Å². The normalized spacial score (nSPS) is 11.4. The minimum Gasteiger partial charge on any atom is -0.489 e. The van der Waals surface area contributed by atoms with Gasteiger partial charge in [-0.1, -0.05) is 42.5 Å². The average Bonchev–Trinajstić information content (AvgIpc) is 2.72. The first-order valence-corrected chi connectivity index (χ1v) is 8.17. The SMILES string of the molecule is COC(=O)C(Oc1cccc(OCc2ccccc2)c1)c1cccnc1. The Bertz CT molecular complexity index is 837. The molecule has 1 heterocycles. The fourth-order valence-corrected chi connectivity index (χ4v) is 2.40. The van der Waals surface area contributed by atoms with Crippen molar-refractivity contribution in [3.8, 4) is 11.5 Å². The van der Waals surface area contributed by atoms with Crippen molar-refractivity contribution in [1.82, 2.24) is 4.98 Å². The van der Waals surface area contributed by atoms with E-state index in [1.807, 2.05) is 42.5 Å². The summed E-state index contributed by atoms with van der Waals surface area (Å²) in [4.78, 5) is 16.1. The van der Waals surface area contributed by atoms with E-state index >= 15 is 0 Å². The van der Waals surface area contributed by atoms with Gasteiger partial charge in [-0.25, -0.2) is 4.79 Å². The third-order valence-corrected chi connectivity index (χ3v) is 3.71. The first-order chi connectivity index (χ1) is 12.8. The van der Waals surface area contributed by atoms with Gasteiger partial charge in [-0.15, -0.1) is 0 Å². The monoisotopic (exact) mass is 349 g/mol. The molecule has 132 valence electrons. The van der Waals surface area contributed by atoms with E-state index in [4.69, 9.17) is 14.2 Å². The van der Waals surface area contributed by atoms with Crippen LogP contribution in [0.5, 0.6) is 11.5 Å². The van der Waals surface area contributed by atoms with Crippen molar-refractivity contribution < 1.29 is 19.0 Å². The molecule has 2 aromatic carbocycles. The van der Waals surface area contributed by atoms with Crippen LogP contribution in [0.1, 0.15) is 17.2 Å². The number of hydrogen-bond donors (Lipinski definition) is 0. The molecule has 0 fully saturated rings. The van der Waals surface area contributed by atoms with Gasteiger partial charge in [0.2, 0.25) is 6.10 Å². The van der Waals surface area contributed by atoms with E-state index in [9.17, 15) is 4.79 Å². The molecule has 0 aliphatic heterocycles. The summed E-state index contributed by atoms with van der Waals surface area (Å²) in [5.41, 5.74) is 1.69. The van der Waals surface area contributed by atoms with Crippen LogP contribution >= 0.6 is 0 Å². The molecule has 0 saturated heterocycles. The summed E-state index contributed by atoms with van der Waals surface area (Å²) in [6.07, 6.45) is 2.32. The highest BCUT2D eigenvalue weighted by Crippen LogP contribution is 2.26. The molecule has 1 atom stereocenters. The third-order valence-electron chi connectivity index (χ3n) is 3.71. The molecule has 26 heavy (non-hydrogen) atoms. The molecule has 3 rings (SSSR count). The number of nitrogens with zero attached hydrogens (tertiary/aromatic N) is 1. The van der Waals surface area contributed by atoms with Crippen molar-refractivity contribution in [1.29, 1.82) is 0 Å². The number of rotatable bonds is 7. The number of aromatic nitrogens is 1. The van der Waals surface area contributed by atoms with Crippen LogP contribution in [-0.4, -0.2) is 18.1 Å². The predicted octanol–water partition coefficient (Wildman–Crippen LogP) is 3.95. The summed E-state index contributed by atoms with van der Waals surface area (Å²) in [5.74, 6) is 0.671. The maximum atomic E-state index is 12.1. The Kier molecular flexibility index (Phi) is 5.83. The Morgan fingerprint density at radius 3 is 2.54 bits per heavy atom. The van der Waals surface area contributed by atoms with E-state index < -0.39 is 12.1 Å². The molecule has 0 N–H and O–H groups in total. The second-order valence-electron chi connectivity index (χ2n) is 5.56. The van der Waals surface area contributed by atoms with Crippen molar-refractivity contribution in [3.05, 3.63) is 90.3 Å². The van der Waals surface area contributed by atoms with Crippen LogP contribution in [0.25, 0.3) is 0 Å².